The maximum absolute atomic E-state index is 12.1. The first-order valence-electron chi connectivity index (χ1n) is 5.95. The second-order valence-corrected chi connectivity index (χ2v) is 4.37. The van der Waals surface area contributed by atoms with E-state index in [-0.39, 0.29) is 11.2 Å². The van der Waals surface area contributed by atoms with Crippen molar-refractivity contribution in [3.05, 3.63) is 42.1 Å². The Balaban J connectivity index is 2.29. The highest BCUT2D eigenvalue weighted by Gasteiger charge is 2.31. The number of aryl methyl sites for hydroxylation is 1. The normalized spacial score (nSPS) is 11.3. The zero-order valence-electron chi connectivity index (χ0n) is 10.9. The first-order chi connectivity index (χ1) is 9.76. The molecule has 2 rings (SSSR count). The number of aromatic nitrogens is 1. The fraction of sp³-hybridized carbons (Fsp3) is 0.154. The van der Waals surface area contributed by atoms with E-state index in [1.54, 1.807) is 6.92 Å². The Morgan fingerprint density at radius 2 is 1.76 bits per heavy atom. The van der Waals surface area contributed by atoms with Gasteiger partial charge < -0.3 is 14.8 Å². The molecule has 1 heterocycles. The van der Waals surface area contributed by atoms with Gasteiger partial charge in [0.25, 0.3) is 0 Å². The van der Waals surface area contributed by atoms with Gasteiger partial charge in [0.1, 0.15) is 5.75 Å². The van der Waals surface area contributed by atoms with Crippen molar-refractivity contribution in [2.75, 3.05) is 0 Å². The molecule has 8 heteroatoms. The van der Waals surface area contributed by atoms with Gasteiger partial charge in [0.05, 0.1) is 5.69 Å². The number of ether oxygens (including phenoxy) is 1. The Kier molecular flexibility index (Phi) is 4.20. The summed E-state index contributed by atoms with van der Waals surface area (Å²) in [5.74, 6) is -0.333. The molecule has 110 valence electrons. The summed E-state index contributed by atoms with van der Waals surface area (Å²) in [6.07, 6.45) is -3.28. The van der Waals surface area contributed by atoms with Gasteiger partial charge in [-0.05, 0) is 48.3 Å². The molecule has 0 radical (unpaired) electrons. The zero-order valence-corrected chi connectivity index (χ0v) is 10.9. The molecule has 2 aromatic rings. The highest BCUT2D eigenvalue weighted by molar-refractivity contribution is 6.59. The largest absolute Gasteiger partial charge is 0.573 e. The minimum Gasteiger partial charge on any atom is -0.423 e. The van der Waals surface area contributed by atoms with Crippen LogP contribution in [0.15, 0.2) is 36.5 Å². The molecule has 0 aliphatic carbocycles. The predicted octanol–water partition coefficient (Wildman–Crippen LogP) is 1.64. The van der Waals surface area contributed by atoms with Crippen LogP contribution >= 0.6 is 0 Å². The molecule has 0 fully saturated rings. The van der Waals surface area contributed by atoms with E-state index in [0.717, 1.165) is 0 Å². The summed E-state index contributed by atoms with van der Waals surface area (Å²) in [7, 11) is -1.64. The average molecular weight is 297 g/mol. The summed E-state index contributed by atoms with van der Waals surface area (Å²) in [6.45, 7) is 1.67. The first kappa shape index (κ1) is 15.3. The number of rotatable bonds is 3. The number of hydrogen-bond acceptors (Lipinski definition) is 4. The van der Waals surface area contributed by atoms with Gasteiger partial charge in [-0.15, -0.1) is 13.2 Å². The lowest BCUT2D eigenvalue weighted by molar-refractivity contribution is -0.274. The van der Waals surface area contributed by atoms with Crippen LogP contribution in [0.5, 0.6) is 5.75 Å². The second-order valence-electron chi connectivity index (χ2n) is 4.37. The van der Waals surface area contributed by atoms with Gasteiger partial charge in [-0.3, -0.25) is 4.98 Å². The van der Waals surface area contributed by atoms with E-state index < -0.39 is 13.5 Å². The molecule has 1 aromatic heterocycles. The number of nitrogens with zero attached hydrogens (tertiary/aromatic N) is 1. The number of benzene rings is 1. The van der Waals surface area contributed by atoms with E-state index in [1.807, 2.05) is 0 Å². The van der Waals surface area contributed by atoms with Gasteiger partial charge in [0.2, 0.25) is 0 Å². The summed E-state index contributed by atoms with van der Waals surface area (Å²) in [5, 5.41) is 18.5. The summed E-state index contributed by atoms with van der Waals surface area (Å²) < 4.78 is 40.0. The van der Waals surface area contributed by atoms with Crippen LogP contribution in [-0.2, 0) is 0 Å². The molecule has 21 heavy (non-hydrogen) atoms. The Morgan fingerprint density at radius 3 is 2.29 bits per heavy atom. The summed E-state index contributed by atoms with van der Waals surface area (Å²) in [6, 6.07) is 6.62. The van der Waals surface area contributed by atoms with E-state index in [2.05, 4.69) is 9.72 Å². The Labute approximate surface area is 119 Å². The zero-order chi connectivity index (χ0) is 15.6. The third kappa shape index (κ3) is 3.96. The van der Waals surface area contributed by atoms with Crippen LogP contribution in [0, 0.1) is 6.92 Å². The molecule has 0 saturated carbocycles. The van der Waals surface area contributed by atoms with Crippen LogP contribution in [0.4, 0.5) is 13.2 Å². The highest BCUT2D eigenvalue weighted by Crippen LogP contribution is 2.25. The smallest absolute Gasteiger partial charge is 0.423 e. The molecule has 0 unspecified atom stereocenters. The Bertz CT molecular complexity index is 630. The molecule has 0 saturated heterocycles. The molecule has 0 bridgehead atoms. The minimum absolute atomic E-state index is 0.288. The number of halogens is 3. The van der Waals surface area contributed by atoms with Crippen molar-refractivity contribution in [2.24, 2.45) is 0 Å². The second kappa shape index (κ2) is 5.75. The third-order valence-corrected chi connectivity index (χ3v) is 2.81. The SMILES string of the molecule is Cc1cnc(-c2ccc(OC(F)(F)F)cc2)cc1B(O)O. The van der Waals surface area contributed by atoms with Crippen LogP contribution in [0.25, 0.3) is 11.3 Å². The predicted molar refractivity (Wildman–Crippen MR) is 70.9 cm³/mol. The number of pyridine rings is 1. The molecular formula is C13H11BF3NO3. The van der Waals surface area contributed by atoms with Crippen LogP contribution in [0.2, 0.25) is 0 Å². The van der Waals surface area contributed by atoms with E-state index >= 15 is 0 Å². The topological polar surface area (TPSA) is 62.6 Å². The van der Waals surface area contributed by atoms with E-state index in [1.165, 1.54) is 36.5 Å². The molecule has 1 aromatic carbocycles. The molecule has 0 aliphatic rings. The van der Waals surface area contributed by atoms with E-state index in [0.29, 0.717) is 16.8 Å². The van der Waals surface area contributed by atoms with Gasteiger partial charge in [0, 0.05) is 11.8 Å². The van der Waals surface area contributed by atoms with Gasteiger partial charge in [0.15, 0.2) is 0 Å². The lowest BCUT2D eigenvalue weighted by Gasteiger charge is -2.10. The minimum atomic E-state index is -4.74. The van der Waals surface area contributed by atoms with Crippen molar-refractivity contribution in [1.29, 1.82) is 0 Å². The van der Waals surface area contributed by atoms with Crippen molar-refractivity contribution >= 4 is 12.6 Å². The first-order valence-corrected chi connectivity index (χ1v) is 5.95. The fourth-order valence-corrected chi connectivity index (χ4v) is 1.80. The maximum Gasteiger partial charge on any atom is 0.573 e. The van der Waals surface area contributed by atoms with Crippen molar-refractivity contribution in [3.8, 4) is 17.0 Å². The van der Waals surface area contributed by atoms with Crippen molar-refractivity contribution in [3.63, 3.8) is 0 Å². The van der Waals surface area contributed by atoms with Gasteiger partial charge in [-0.2, -0.15) is 0 Å². The molecule has 0 spiro atoms. The van der Waals surface area contributed by atoms with Crippen LogP contribution in [0.3, 0.4) is 0 Å². The number of hydrogen-bond donors (Lipinski definition) is 2. The Morgan fingerprint density at radius 1 is 1.14 bits per heavy atom. The molecule has 0 atom stereocenters. The molecule has 2 N–H and O–H groups in total. The van der Waals surface area contributed by atoms with Crippen LogP contribution in [-0.4, -0.2) is 28.5 Å². The van der Waals surface area contributed by atoms with Gasteiger partial charge >= 0.3 is 13.5 Å². The van der Waals surface area contributed by atoms with E-state index in [9.17, 15) is 23.2 Å². The van der Waals surface area contributed by atoms with Crippen molar-refractivity contribution < 1.29 is 28.0 Å². The molecule has 4 nitrogen and oxygen atoms in total. The lowest BCUT2D eigenvalue weighted by Crippen LogP contribution is -2.32. The van der Waals surface area contributed by atoms with Gasteiger partial charge in [-0.1, -0.05) is 0 Å². The Hall–Kier alpha value is -2.06. The fourth-order valence-electron chi connectivity index (χ4n) is 1.80. The maximum atomic E-state index is 12.1. The lowest BCUT2D eigenvalue weighted by atomic mass is 9.77. The molecule has 0 aliphatic heterocycles. The van der Waals surface area contributed by atoms with Crippen LogP contribution in [0.1, 0.15) is 5.56 Å². The molecular weight excluding hydrogens is 286 g/mol. The standard InChI is InChI=1S/C13H11BF3NO3/c1-8-7-18-12(6-11(8)14(19)20)9-2-4-10(5-3-9)21-13(15,16)17/h2-7,19-20H,1H3. The quantitative estimate of drug-likeness (QED) is 0.845. The van der Waals surface area contributed by atoms with Crippen molar-refractivity contribution in [2.45, 2.75) is 13.3 Å². The highest BCUT2D eigenvalue weighted by atomic mass is 19.4. The molecule has 0 amide bonds. The third-order valence-electron chi connectivity index (χ3n) is 2.81. The summed E-state index contributed by atoms with van der Waals surface area (Å²) in [4.78, 5) is 4.11. The average Bonchev–Trinajstić information content (AvgIpc) is 2.38. The summed E-state index contributed by atoms with van der Waals surface area (Å²) in [5.41, 5.74) is 1.84. The summed E-state index contributed by atoms with van der Waals surface area (Å²) >= 11 is 0. The van der Waals surface area contributed by atoms with Crippen LogP contribution < -0.4 is 10.2 Å². The van der Waals surface area contributed by atoms with Gasteiger partial charge in [-0.25, -0.2) is 0 Å². The monoisotopic (exact) mass is 297 g/mol. The van der Waals surface area contributed by atoms with E-state index in [4.69, 9.17) is 0 Å². The number of alkyl halides is 3. The van der Waals surface area contributed by atoms with Crippen molar-refractivity contribution in [1.82, 2.24) is 4.98 Å².